The van der Waals surface area contributed by atoms with Crippen molar-refractivity contribution < 1.29 is 18.6 Å². The number of nitrogens with zero attached hydrogens (tertiary/aromatic N) is 3. The van der Waals surface area contributed by atoms with E-state index < -0.39 is 5.82 Å². The van der Waals surface area contributed by atoms with Crippen LogP contribution in [0.4, 0.5) is 4.39 Å². The van der Waals surface area contributed by atoms with Gasteiger partial charge in [0.15, 0.2) is 5.43 Å². The molecule has 4 rings (SSSR count). The average molecular weight is 585 g/mol. The lowest BCUT2D eigenvalue weighted by molar-refractivity contribution is 0.0959. The minimum atomic E-state index is -0.528. The lowest BCUT2D eigenvalue weighted by Gasteiger charge is -2.34. The Labute approximate surface area is 242 Å². The molecule has 0 unspecified atom stereocenters. The topological polar surface area (TPSA) is 56.2 Å². The largest absolute Gasteiger partial charge is 0.497 e. The van der Waals surface area contributed by atoms with Crippen molar-refractivity contribution >= 4 is 35.7 Å². The first kappa shape index (κ1) is 32.8. The Balaban J connectivity index is 0.00000267. The number of hydrogen-bond acceptors (Lipinski definition) is 6. The second kappa shape index (κ2) is 16.0. The van der Waals surface area contributed by atoms with Gasteiger partial charge in [0.1, 0.15) is 17.3 Å². The molecule has 7 nitrogen and oxygen atoms in total. The molecular weight excluding hydrogens is 544 g/mol. The minimum absolute atomic E-state index is 0. The van der Waals surface area contributed by atoms with E-state index >= 15 is 4.39 Å². The van der Waals surface area contributed by atoms with Crippen LogP contribution < -0.4 is 14.9 Å². The number of halogens is 3. The summed E-state index contributed by atoms with van der Waals surface area (Å²) in [5, 5.41) is 0.0775. The third kappa shape index (κ3) is 8.08. The first-order chi connectivity index (χ1) is 18.0. The van der Waals surface area contributed by atoms with Gasteiger partial charge in [-0.25, -0.2) is 4.39 Å². The number of ether oxygens (including phenoxy) is 3. The van der Waals surface area contributed by atoms with E-state index in [1.807, 2.05) is 42.0 Å². The van der Waals surface area contributed by atoms with Gasteiger partial charge in [-0.15, -0.1) is 24.8 Å². The molecule has 216 valence electrons. The highest BCUT2D eigenvalue weighted by atomic mass is 35.5. The molecule has 1 saturated heterocycles. The molecule has 0 atom stereocenters. The van der Waals surface area contributed by atoms with Gasteiger partial charge in [-0.1, -0.05) is 19.1 Å². The van der Waals surface area contributed by atoms with Crippen molar-refractivity contribution in [2.45, 2.75) is 26.3 Å². The summed E-state index contributed by atoms with van der Waals surface area (Å²) in [7, 11) is 3.34. The Morgan fingerprint density at radius 1 is 0.872 bits per heavy atom. The number of rotatable bonds is 12. The van der Waals surface area contributed by atoms with E-state index in [2.05, 4.69) is 9.80 Å². The molecule has 0 saturated carbocycles. The Morgan fingerprint density at radius 2 is 1.54 bits per heavy atom. The monoisotopic (exact) mass is 583 g/mol. The van der Waals surface area contributed by atoms with Gasteiger partial charge in [0.25, 0.3) is 0 Å². The van der Waals surface area contributed by atoms with Gasteiger partial charge < -0.3 is 23.7 Å². The number of methoxy groups -OCH3 is 2. The SMILES string of the molecule is CCCOc1ccc(F)c2c(=O)c(-c3ccc(OC)cc3)cn(CCCN3CCN(CCOC)CC3)c12.Cl.Cl. The maximum absolute atomic E-state index is 15.2. The van der Waals surface area contributed by atoms with Crippen molar-refractivity contribution in [1.29, 1.82) is 0 Å². The van der Waals surface area contributed by atoms with Crippen LogP contribution in [0, 0.1) is 5.82 Å². The van der Waals surface area contributed by atoms with Crippen LogP contribution in [0.25, 0.3) is 22.0 Å². The first-order valence-corrected chi connectivity index (χ1v) is 13.1. The Hall–Kier alpha value is -2.36. The molecule has 1 aliphatic rings. The maximum Gasteiger partial charge on any atom is 0.200 e. The van der Waals surface area contributed by atoms with Crippen LogP contribution in [0.2, 0.25) is 0 Å². The number of piperazine rings is 1. The van der Waals surface area contributed by atoms with Crippen LogP contribution in [0.3, 0.4) is 0 Å². The molecule has 1 aromatic heterocycles. The summed E-state index contributed by atoms with van der Waals surface area (Å²) in [5.74, 6) is 0.720. The molecule has 0 spiro atoms. The van der Waals surface area contributed by atoms with Crippen LogP contribution in [0.5, 0.6) is 11.5 Å². The fraction of sp³-hybridized carbons (Fsp3) is 0.483. The second-order valence-electron chi connectivity index (χ2n) is 9.44. The zero-order valence-corrected chi connectivity index (χ0v) is 24.6. The fourth-order valence-electron chi connectivity index (χ4n) is 4.86. The third-order valence-corrected chi connectivity index (χ3v) is 6.95. The molecule has 2 heterocycles. The predicted octanol–water partition coefficient (Wildman–Crippen LogP) is 5.10. The van der Waals surface area contributed by atoms with Crippen molar-refractivity contribution in [2.75, 3.05) is 66.7 Å². The maximum atomic E-state index is 15.2. The molecule has 2 aromatic carbocycles. The summed E-state index contributed by atoms with van der Waals surface area (Å²) in [4.78, 5) is 18.4. The fourth-order valence-corrected chi connectivity index (χ4v) is 4.86. The number of fused-ring (bicyclic) bond motifs is 1. The highest BCUT2D eigenvalue weighted by Gasteiger charge is 2.20. The molecule has 10 heteroatoms. The number of aryl methyl sites for hydroxylation is 1. The van der Waals surface area contributed by atoms with E-state index in [1.54, 1.807) is 20.3 Å². The van der Waals surface area contributed by atoms with Gasteiger partial charge in [0, 0.05) is 58.1 Å². The third-order valence-electron chi connectivity index (χ3n) is 6.95. The smallest absolute Gasteiger partial charge is 0.200 e. The minimum Gasteiger partial charge on any atom is -0.497 e. The Kier molecular flexibility index (Phi) is 13.5. The molecule has 0 aliphatic carbocycles. The summed E-state index contributed by atoms with van der Waals surface area (Å²) in [6.07, 6.45) is 3.55. The molecule has 1 fully saturated rings. The van der Waals surface area contributed by atoms with Crippen LogP contribution in [0.1, 0.15) is 19.8 Å². The highest BCUT2D eigenvalue weighted by molar-refractivity contribution is 5.89. The van der Waals surface area contributed by atoms with Crippen LogP contribution >= 0.6 is 24.8 Å². The summed E-state index contributed by atoms with van der Waals surface area (Å²) in [6.45, 7) is 9.94. The summed E-state index contributed by atoms with van der Waals surface area (Å²) in [5.41, 5.74) is 1.39. The molecule has 0 amide bonds. The molecule has 0 bridgehead atoms. The quantitative estimate of drug-likeness (QED) is 0.295. The number of hydrogen-bond donors (Lipinski definition) is 0. The van der Waals surface area contributed by atoms with Gasteiger partial charge in [0.2, 0.25) is 0 Å². The van der Waals surface area contributed by atoms with Crippen molar-refractivity contribution in [3.8, 4) is 22.6 Å². The van der Waals surface area contributed by atoms with Gasteiger partial charge in [-0.05, 0) is 49.2 Å². The normalized spacial score (nSPS) is 14.1. The Bertz CT molecular complexity index is 1230. The standard InChI is InChI=1S/C29H38FN3O4.2ClH/c1-4-19-37-26-11-10-25(30)27-28(26)33(13-5-12-31-14-16-32(17-15-31)18-20-35-2)21-24(29(27)34)22-6-8-23(36-3)9-7-22;;/h6-11,21H,4-5,12-20H2,1-3H3;2*1H. The zero-order chi connectivity index (χ0) is 26.2. The van der Waals surface area contributed by atoms with Crippen LogP contribution in [-0.2, 0) is 11.3 Å². The second-order valence-corrected chi connectivity index (χ2v) is 9.44. The molecule has 1 aliphatic heterocycles. The number of benzene rings is 2. The van der Waals surface area contributed by atoms with E-state index in [-0.39, 0.29) is 35.6 Å². The van der Waals surface area contributed by atoms with E-state index in [9.17, 15) is 4.79 Å². The molecular formula is C29H40Cl2FN3O4. The lowest BCUT2D eigenvalue weighted by Crippen LogP contribution is -2.47. The first-order valence-electron chi connectivity index (χ1n) is 13.1. The van der Waals surface area contributed by atoms with Crippen molar-refractivity contribution in [3.05, 3.63) is 58.6 Å². The summed E-state index contributed by atoms with van der Waals surface area (Å²) in [6, 6.07) is 10.3. The van der Waals surface area contributed by atoms with E-state index in [4.69, 9.17) is 14.2 Å². The molecule has 0 N–H and O–H groups in total. The Morgan fingerprint density at radius 3 is 2.15 bits per heavy atom. The number of aromatic nitrogens is 1. The van der Waals surface area contributed by atoms with E-state index in [1.165, 1.54) is 6.07 Å². The van der Waals surface area contributed by atoms with Crippen molar-refractivity contribution in [1.82, 2.24) is 14.4 Å². The number of pyridine rings is 1. The van der Waals surface area contributed by atoms with Crippen LogP contribution in [-0.4, -0.2) is 81.1 Å². The van der Waals surface area contributed by atoms with E-state index in [0.29, 0.717) is 35.7 Å². The summed E-state index contributed by atoms with van der Waals surface area (Å²) >= 11 is 0. The highest BCUT2D eigenvalue weighted by Crippen LogP contribution is 2.30. The van der Waals surface area contributed by atoms with Gasteiger partial charge in [-0.3, -0.25) is 9.69 Å². The predicted molar refractivity (Wildman–Crippen MR) is 160 cm³/mol. The molecule has 39 heavy (non-hydrogen) atoms. The van der Waals surface area contributed by atoms with E-state index in [0.717, 1.165) is 64.3 Å². The summed E-state index contributed by atoms with van der Waals surface area (Å²) < 4.78 is 33.6. The lowest BCUT2D eigenvalue weighted by atomic mass is 10.0. The average Bonchev–Trinajstić information content (AvgIpc) is 2.93. The van der Waals surface area contributed by atoms with Crippen LogP contribution in [0.15, 0.2) is 47.4 Å². The van der Waals surface area contributed by atoms with Gasteiger partial charge in [0.05, 0.1) is 31.2 Å². The molecule has 3 aromatic rings. The zero-order valence-electron chi connectivity index (χ0n) is 23.0. The van der Waals surface area contributed by atoms with Crippen molar-refractivity contribution in [2.24, 2.45) is 0 Å². The molecule has 0 radical (unpaired) electrons. The van der Waals surface area contributed by atoms with Crippen molar-refractivity contribution in [3.63, 3.8) is 0 Å². The van der Waals surface area contributed by atoms with Gasteiger partial charge >= 0.3 is 0 Å². The van der Waals surface area contributed by atoms with Gasteiger partial charge in [-0.2, -0.15) is 0 Å².